The van der Waals surface area contributed by atoms with E-state index in [4.69, 9.17) is 4.98 Å². The maximum absolute atomic E-state index is 13.6. The van der Waals surface area contributed by atoms with E-state index in [9.17, 15) is 4.79 Å². The van der Waals surface area contributed by atoms with E-state index in [-0.39, 0.29) is 17.6 Å². The number of anilines is 1. The normalized spacial score (nSPS) is 18.2. The molecule has 1 N–H and O–H groups in total. The molecule has 0 bridgehead atoms. The minimum absolute atomic E-state index is 0.0804. The van der Waals surface area contributed by atoms with Gasteiger partial charge >= 0.3 is 0 Å². The van der Waals surface area contributed by atoms with Gasteiger partial charge in [0.15, 0.2) is 11.0 Å². The van der Waals surface area contributed by atoms with E-state index in [1.165, 1.54) is 24.0 Å². The Morgan fingerprint density at radius 2 is 1.82 bits per heavy atom. The van der Waals surface area contributed by atoms with Gasteiger partial charge in [0.05, 0.1) is 16.3 Å². The van der Waals surface area contributed by atoms with Crippen molar-refractivity contribution in [3.63, 3.8) is 0 Å². The number of para-hydroxylation sites is 1. The van der Waals surface area contributed by atoms with E-state index in [0.29, 0.717) is 5.56 Å². The van der Waals surface area contributed by atoms with Gasteiger partial charge in [0.1, 0.15) is 6.04 Å². The molecule has 2 fully saturated rings. The van der Waals surface area contributed by atoms with Crippen molar-refractivity contribution < 1.29 is 0 Å². The summed E-state index contributed by atoms with van der Waals surface area (Å²) in [7, 11) is 0. The number of fused-ring (bicyclic) bond motifs is 2. The molecule has 1 atom stereocenters. The summed E-state index contributed by atoms with van der Waals surface area (Å²) in [5.41, 5.74) is 3.67. The number of nitrogens with one attached hydrogen (secondary N) is 1. The van der Waals surface area contributed by atoms with Crippen molar-refractivity contribution in [2.45, 2.75) is 51.1 Å². The fourth-order valence-electron chi connectivity index (χ4n) is 6.18. The smallest absolute Gasteiger partial charge is 0.253 e. The summed E-state index contributed by atoms with van der Waals surface area (Å²) in [5.74, 6) is 0.771. The molecule has 7 rings (SSSR count). The maximum atomic E-state index is 13.6. The Kier molecular flexibility index (Phi) is 6.36. The van der Waals surface area contributed by atoms with Crippen LogP contribution in [0, 0.1) is 6.92 Å². The van der Waals surface area contributed by atoms with Gasteiger partial charge in [0.25, 0.3) is 5.56 Å². The molecule has 4 heterocycles. The molecule has 5 aromatic rings. The number of piperazine rings is 1. The van der Waals surface area contributed by atoms with Gasteiger partial charge in [-0.05, 0) is 65.9 Å². The van der Waals surface area contributed by atoms with Crippen LogP contribution in [0.2, 0.25) is 0 Å². The Bertz CT molecular complexity index is 1640. The molecule has 0 amide bonds. The molecule has 0 spiro atoms. The summed E-state index contributed by atoms with van der Waals surface area (Å²) in [6.07, 6.45) is 5.78. The third kappa shape index (κ3) is 4.61. The van der Waals surface area contributed by atoms with Crippen molar-refractivity contribution in [3.05, 3.63) is 75.8 Å². The monoisotopic (exact) mass is 540 g/mol. The van der Waals surface area contributed by atoms with Gasteiger partial charge in [-0.1, -0.05) is 54.4 Å². The quantitative estimate of drug-likeness (QED) is 0.340. The van der Waals surface area contributed by atoms with Gasteiger partial charge in [0.2, 0.25) is 0 Å². The van der Waals surface area contributed by atoms with Gasteiger partial charge in [-0.15, -0.1) is 5.10 Å². The number of hydrogen-bond acceptors (Lipinski definition) is 8. The van der Waals surface area contributed by atoms with Crippen molar-refractivity contribution in [3.8, 4) is 0 Å². The van der Waals surface area contributed by atoms with E-state index in [0.717, 1.165) is 72.0 Å². The first-order valence-corrected chi connectivity index (χ1v) is 14.7. The number of rotatable bonds is 5. The largest absolute Gasteiger partial charge is 0.345 e. The summed E-state index contributed by atoms with van der Waals surface area (Å²) in [4.78, 5) is 26.3. The molecule has 0 radical (unpaired) electrons. The second-order valence-corrected chi connectivity index (χ2v) is 11.8. The molecule has 9 nitrogen and oxygen atoms in total. The second-order valence-electron chi connectivity index (χ2n) is 10.8. The molecular formula is C29H32N8OS. The van der Waals surface area contributed by atoms with E-state index in [1.54, 1.807) is 11.3 Å². The molecule has 2 aromatic carbocycles. The third-order valence-corrected chi connectivity index (χ3v) is 9.34. The van der Waals surface area contributed by atoms with Crippen molar-refractivity contribution >= 4 is 37.6 Å². The lowest BCUT2D eigenvalue weighted by Gasteiger charge is -2.39. The van der Waals surface area contributed by atoms with Crippen LogP contribution < -0.4 is 10.5 Å². The molecular weight excluding hydrogens is 508 g/mol. The molecule has 39 heavy (non-hydrogen) atoms. The fourth-order valence-corrected chi connectivity index (χ4v) is 7.20. The average molecular weight is 541 g/mol. The Hall–Kier alpha value is -3.63. The predicted octanol–water partition coefficient (Wildman–Crippen LogP) is 4.85. The van der Waals surface area contributed by atoms with Crippen LogP contribution in [0.3, 0.4) is 0 Å². The van der Waals surface area contributed by atoms with Crippen LogP contribution in [0.25, 0.3) is 21.1 Å². The van der Waals surface area contributed by atoms with Crippen LogP contribution in [0.5, 0.6) is 0 Å². The lowest BCUT2D eigenvalue weighted by molar-refractivity contribution is 0.192. The zero-order chi connectivity index (χ0) is 26.3. The molecule has 10 heteroatoms. The highest BCUT2D eigenvalue weighted by molar-refractivity contribution is 7.22. The zero-order valence-electron chi connectivity index (χ0n) is 22.1. The SMILES string of the molecule is Cc1ccc2[nH]c(=O)c([C@@H](c3nnnn3C3CCCCC3)N3CCN(c4nc5ccccc5s4)CC3)cc2c1. The first-order valence-electron chi connectivity index (χ1n) is 13.9. The van der Waals surface area contributed by atoms with Crippen LogP contribution in [0.1, 0.15) is 61.1 Å². The first kappa shape index (κ1) is 24.4. The van der Waals surface area contributed by atoms with Gasteiger partial charge in [0, 0.05) is 37.3 Å². The Morgan fingerprint density at radius 3 is 2.64 bits per heavy atom. The number of benzene rings is 2. The molecule has 1 saturated heterocycles. The van der Waals surface area contributed by atoms with E-state index in [1.807, 2.05) is 28.9 Å². The molecule has 0 unspecified atom stereocenters. The Morgan fingerprint density at radius 1 is 1.00 bits per heavy atom. The number of thiazole rings is 1. The van der Waals surface area contributed by atoms with Gasteiger partial charge in [-0.2, -0.15) is 0 Å². The van der Waals surface area contributed by atoms with Crippen LogP contribution in [0.15, 0.2) is 53.3 Å². The highest BCUT2D eigenvalue weighted by Crippen LogP contribution is 2.35. The second kappa shape index (κ2) is 10.2. The van der Waals surface area contributed by atoms with Gasteiger partial charge < -0.3 is 9.88 Å². The predicted molar refractivity (Wildman–Crippen MR) is 154 cm³/mol. The Labute approximate surface area is 230 Å². The molecule has 1 aliphatic heterocycles. The zero-order valence-corrected chi connectivity index (χ0v) is 22.9. The number of aryl methyl sites for hydroxylation is 1. The average Bonchev–Trinajstić information content (AvgIpc) is 3.62. The summed E-state index contributed by atoms with van der Waals surface area (Å²) >= 11 is 1.74. The lowest BCUT2D eigenvalue weighted by atomic mass is 9.95. The number of nitrogens with zero attached hydrogens (tertiary/aromatic N) is 7. The number of H-pyrrole nitrogens is 1. The molecule has 2 aliphatic rings. The summed E-state index contributed by atoms with van der Waals surface area (Å²) < 4.78 is 3.22. The number of tetrazole rings is 1. The van der Waals surface area contributed by atoms with Crippen molar-refractivity contribution in [1.29, 1.82) is 0 Å². The number of aromatic amines is 1. The number of aromatic nitrogens is 6. The topological polar surface area (TPSA) is 95.8 Å². The Balaban J connectivity index is 1.25. The van der Waals surface area contributed by atoms with Crippen molar-refractivity contribution in [1.82, 2.24) is 35.1 Å². The van der Waals surface area contributed by atoms with Crippen LogP contribution in [-0.4, -0.2) is 61.3 Å². The number of pyridine rings is 1. The van der Waals surface area contributed by atoms with Crippen molar-refractivity contribution in [2.75, 3.05) is 31.1 Å². The molecule has 200 valence electrons. The minimum atomic E-state index is -0.326. The highest BCUT2D eigenvalue weighted by Gasteiger charge is 2.35. The van der Waals surface area contributed by atoms with Crippen molar-refractivity contribution in [2.24, 2.45) is 0 Å². The van der Waals surface area contributed by atoms with Crippen LogP contribution >= 0.6 is 11.3 Å². The van der Waals surface area contributed by atoms with Gasteiger partial charge in [-0.25, -0.2) is 9.67 Å². The maximum Gasteiger partial charge on any atom is 0.253 e. The van der Waals surface area contributed by atoms with Crippen LogP contribution in [0.4, 0.5) is 5.13 Å². The summed E-state index contributed by atoms with van der Waals surface area (Å²) in [6, 6.07) is 16.4. The highest BCUT2D eigenvalue weighted by atomic mass is 32.1. The van der Waals surface area contributed by atoms with Gasteiger partial charge in [-0.3, -0.25) is 9.69 Å². The van der Waals surface area contributed by atoms with E-state index < -0.39 is 0 Å². The first-order chi connectivity index (χ1) is 19.1. The summed E-state index contributed by atoms with van der Waals surface area (Å²) in [6.45, 7) is 5.29. The number of hydrogen-bond donors (Lipinski definition) is 1. The standard InChI is InChI=1S/C29H32N8OS/c1-19-11-12-23-20(17-19)18-22(28(38)30-23)26(27-32-33-34-37(27)21-7-3-2-4-8-21)35-13-15-36(16-14-35)29-31-24-9-5-6-10-25(24)39-29/h5-6,9-12,17-18,21,26H,2-4,7-8,13-16H2,1H3,(H,30,38)/t26-/m0/s1. The molecule has 1 saturated carbocycles. The lowest BCUT2D eigenvalue weighted by Crippen LogP contribution is -2.49. The van der Waals surface area contributed by atoms with E-state index in [2.05, 4.69) is 61.5 Å². The third-order valence-electron chi connectivity index (χ3n) is 8.24. The minimum Gasteiger partial charge on any atom is -0.345 e. The van der Waals surface area contributed by atoms with Crippen LogP contribution in [-0.2, 0) is 0 Å². The fraction of sp³-hybridized carbons (Fsp3) is 0.414. The molecule has 3 aromatic heterocycles. The van der Waals surface area contributed by atoms with E-state index >= 15 is 0 Å². The summed E-state index contributed by atoms with van der Waals surface area (Å²) in [5, 5.41) is 15.3. The molecule has 1 aliphatic carbocycles.